The summed E-state index contributed by atoms with van der Waals surface area (Å²) in [6, 6.07) is 10.6. The summed E-state index contributed by atoms with van der Waals surface area (Å²) in [5.74, 6) is 0.620. The van der Waals surface area contributed by atoms with Crippen LogP contribution in [0.1, 0.15) is 41.7 Å². The van der Waals surface area contributed by atoms with Crippen molar-refractivity contribution in [1.82, 2.24) is 19.8 Å². The molecule has 0 bridgehead atoms. The van der Waals surface area contributed by atoms with E-state index in [-0.39, 0.29) is 17.7 Å². The zero-order valence-corrected chi connectivity index (χ0v) is 16.7. The highest BCUT2D eigenvalue weighted by atomic mass is 16.2. The molecule has 2 aromatic rings. The largest absolute Gasteiger partial charge is 0.342 e. The number of hydrogen-bond acceptors (Lipinski definition) is 4. The van der Waals surface area contributed by atoms with Crippen LogP contribution in [0.5, 0.6) is 0 Å². The maximum absolute atomic E-state index is 13.1. The van der Waals surface area contributed by atoms with Crippen LogP contribution in [0.2, 0.25) is 0 Å². The highest BCUT2D eigenvalue weighted by Crippen LogP contribution is 2.25. The third kappa shape index (κ3) is 4.81. The number of aromatic nitrogens is 2. The molecule has 6 heteroatoms. The molecule has 1 atom stereocenters. The second kappa shape index (κ2) is 9.16. The standard InChI is InChI=1S/C23H28N4O2/c28-22(26-13-8-19(9-14-26)15-18-5-2-1-3-6-18)20-7-4-12-27(17-20)23(29)21-16-24-10-11-25-21/h1-3,5-6,10-11,16,19-20H,4,7-9,12-15,17H2. The molecule has 0 saturated carbocycles. The van der Waals surface area contributed by atoms with Crippen molar-refractivity contribution in [3.8, 4) is 0 Å². The van der Waals surface area contributed by atoms with Crippen LogP contribution in [-0.4, -0.2) is 57.8 Å². The molecule has 4 rings (SSSR count). The first-order valence-electron chi connectivity index (χ1n) is 10.6. The highest BCUT2D eigenvalue weighted by Gasteiger charge is 2.33. The van der Waals surface area contributed by atoms with Crippen molar-refractivity contribution in [3.63, 3.8) is 0 Å². The monoisotopic (exact) mass is 392 g/mol. The smallest absolute Gasteiger partial charge is 0.274 e. The number of carbonyl (C=O) groups excluding carboxylic acids is 2. The maximum Gasteiger partial charge on any atom is 0.274 e. The van der Waals surface area contributed by atoms with Gasteiger partial charge in [0.25, 0.3) is 5.91 Å². The Morgan fingerprint density at radius 1 is 0.966 bits per heavy atom. The van der Waals surface area contributed by atoms with Crippen LogP contribution in [-0.2, 0) is 11.2 Å². The Balaban J connectivity index is 1.30. The Labute approximate surface area is 172 Å². The van der Waals surface area contributed by atoms with Crippen LogP contribution in [0.15, 0.2) is 48.9 Å². The molecule has 3 heterocycles. The molecular formula is C23H28N4O2. The van der Waals surface area contributed by atoms with Crippen molar-refractivity contribution in [2.24, 2.45) is 11.8 Å². The molecule has 0 aliphatic carbocycles. The topological polar surface area (TPSA) is 66.4 Å². The van der Waals surface area contributed by atoms with Gasteiger partial charge in [-0.25, -0.2) is 4.98 Å². The summed E-state index contributed by atoms with van der Waals surface area (Å²) in [5, 5.41) is 0. The summed E-state index contributed by atoms with van der Waals surface area (Å²) in [6.07, 6.45) is 9.48. The second-order valence-electron chi connectivity index (χ2n) is 8.14. The molecule has 6 nitrogen and oxygen atoms in total. The van der Waals surface area contributed by atoms with E-state index < -0.39 is 0 Å². The zero-order valence-electron chi connectivity index (χ0n) is 16.7. The first kappa shape index (κ1) is 19.6. The van der Waals surface area contributed by atoms with E-state index in [1.165, 1.54) is 18.0 Å². The van der Waals surface area contributed by atoms with Gasteiger partial charge in [0.05, 0.1) is 12.1 Å². The van der Waals surface area contributed by atoms with Crippen molar-refractivity contribution in [2.45, 2.75) is 32.1 Å². The van der Waals surface area contributed by atoms with Gasteiger partial charge in [-0.2, -0.15) is 0 Å². The second-order valence-corrected chi connectivity index (χ2v) is 8.14. The van der Waals surface area contributed by atoms with Crippen LogP contribution < -0.4 is 0 Å². The lowest BCUT2D eigenvalue weighted by atomic mass is 9.89. The molecule has 0 spiro atoms. The number of hydrogen-bond donors (Lipinski definition) is 0. The summed E-state index contributed by atoms with van der Waals surface area (Å²) >= 11 is 0. The number of nitrogens with zero attached hydrogens (tertiary/aromatic N) is 4. The van der Waals surface area contributed by atoms with Crippen molar-refractivity contribution in [2.75, 3.05) is 26.2 Å². The molecule has 2 saturated heterocycles. The normalized spacial score (nSPS) is 20.5. The van der Waals surface area contributed by atoms with Crippen LogP contribution in [0, 0.1) is 11.8 Å². The quantitative estimate of drug-likeness (QED) is 0.803. The van der Waals surface area contributed by atoms with Crippen LogP contribution in [0.25, 0.3) is 0 Å². The molecule has 2 amide bonds. The molecule has 152 valence electrons. The number of carbonyl (C=O) groups is 2. The molecule has 0 N–H and O–H groups in total. The maximum atomic E-state index is 13.1. The molecule has 2 fully saturated rings. The molecule has 1 unspecified atom stereocenters. The summed E-state index contributed by atoms with van der Waals surface area (Å²) in [7, 11) is 0. The lowest BCUT2D eigenvalue weighted by molar-refractivity contribution is -0.138. The Hall–Kier alpha value is -2.76. The van der Waals surface area contributed by atoms with Crippen molar-refractivity contribution < 1.29 is 9.59 Å². The van der Waals surface area contributed by atoms with E-state index in [0.29, 0.717) is 24.7 Å². The lowest BCUT2D eigenvalue weighted by Crippen LogP contribution is -2.48. The molecule has 29 heavy (non-hydrogen) atoms. The minimum atomic E-state index is -0.128. The summed E-state index contributed by atoms with van der Waals surface area (Å²) in [6.45, 7) is 2.81. The van der Waals surface area contributed by atoms with E-state index in [4.69, 9.17) is 0 Å². The van der Waals surface area contributed by atoms with Crippen molar-refractivity contribution in [1.29, 1.82) is 0 Å². The lowest BCUT2D eigenvalue weighted by Gasteiger charge is -2.37. The Kier molecular flexibility index (Phi) is 6.17. The van der Waals surface area contributed by atoms with E-state index >= 15 is 0 Å². The Morgan fingerprint density at radius 3 is 2.48 bits per heavy atom. The van der Waals surface area contributed by atoms with Gasteiger partial charge in [-0.05, 0) is 43.6 Å². The fourth-order valence-corrected chi connectivity index (χ4v) is 4.50. The molecule has 2 aliphatic heterocycles. The number of likely N-dealkylation sites (tertiary alicyclic amines) is 2. The van der Waals surface area contributed by atoms with Gasteiger partial charge in [0.2, 0.25) is 5.91 Å². The van der Waals surface area contributed by atoms with Gasteiger partial charge >= 0.3 is 0 Å². The number of benzene rings is 1. The van der Waals surface area contributed by atoms with Gasteiger partial charge in [-0.1, -0.05) is 30.3 Å². The summed E-state index contributed by atoms with van der Waals surface area (Å²) in [5.41, 5.74) is 1.73. The zero-order chi connectivity index (χ0) is 20.1. The van der Waals surface area contributed by atoms with Gasteiger partial charge in [-0.15, -0.1) is 0 Å². The fourth-order valence-electron chi connectivity index (χ4n) is 4.50. The van der Waals surface area contributed by atoms with Gasteiger partial charge < -0.3 is 9.80 Å². The average Bonchev–Trinajstić information content (AvgIpc) is 2.80. The molecule has 1 aromatic heterocycles. The van der Waals surface area contributed by atoms with Gasteiger partial charge in [0, 0.05) is 38.6 Å². The van der Waals surface area contributed by atoms with Crippen LogP contribution >= 0.6 is 0 Å². The third-order valence-corrected chi connectivity index (χ3v) is 6.13. The average molecular weight is 393 g/mol. The summed E-state index contributed by atoms with van der Waals surface area (Å²) in [4.78, 5) is 37.6. The number of piperidine rings is 2. The molecule has 2 aliphatic rings. The minimum absolute atomic E-state index is 0.102. The Morgan fingerprint density at radius 2 is 1.76 bits per heavy atom. The van der Waals surface area contributed by atoms with Gasteiger partial charge in [0.1, 0.15) is 5.69 Å². The highest BCUT2D eigenvalue weighted by molar-refractivity contribution is 5.92. The van der Waals surface area contributed by atoms with Crippen LogP contribution in [0.4, 0.5) is 0 Å². The molecule has 0 radical (unpaired) electrons. The summed E-state index contributed by atoms with van der Waals surface area (Å²) < 4.78 is 0. The van der Waals surface area contributed by atoms with Crippen molar-refractivity contribution in [3.05, 3.63) is 60.2 Å². The number of amides is 2. The first-order valence-corrected chi connectivity index (χ1v) is 10.6. The van der Waals surface area contributed by atoms with E-state index in [2.05, 4.69) is 34.2 Å². The van der Waals surface area contributed by atoms with Gasteiger partial charge in [0.15, 0.2) is 0 Å². The Bertz CT molecular complexity index is 819. The molecule has 1 aromatic carbocycles. The van der Waals surface area contributed by atoms with E-state index in [1.807, 2.05) is 11.0 Å². The fraction of sp³-hybridized carbons (Fsp3) is 0.478. The third-order valence-electron chi connectivity index (χ3n) is 6.13. The van der Waals surface area contributed by atoms with E-state index in [0.717, 1.165) is 45.2 Å². The first-order chi connectivity index (χ1) is 14.2. The molecular weight excluding hydrogens is 364 g/mol. The SMILES string of the molecule is O=C(c1cnccn1)N1CCCC(C(=O)N2CCC(Cc3ccccc3)CC2)C1. The van der Waals surface area contributed by atoms with Crippen LogP contribution in [0.3, 0.4) is 0 Å². The van der Waals surface area contributed by atoms with Crippen molar-refractivity contribution >= 4 is 11.8 Å². The van der Waals surface area contributed by atoms with Gasteiger partial charge in [-0.3, -0.25) is 14.6 Å². The minimum Gasteiger partial charge on any atom is -0.342 e. The predicted molar refractivity (Wildman–Crippen MR) is 110 cm³/mol. The predicted octanol–water partition coefficient (Wildman–Crippen LogP) is 2.81. The van der Waals surface area contributed by atoms with E-state index in [9.17, 15) is 9.59 Å². The van der Waals surface area contributed by atoms with E-state index in [1.54, 1.807) is 11.1 Å². The number of rotatable bonds is 4.